The highest BCUT2D eigenvalue weighted by molar-refractivity contribution is 7.80. The van der Waals surface area contributed by atoms with E-state index in [2.05, 4.69) is 9.97 Å². The van der Waals surface area contributed by atoms with E-state index in [9.17, 15) is 0 Å². The van der Waals surface area contributed by atoms with Gasteiger partial charge in [0.1, 0.15) is 10.6 Å². The molecule has 2 aromatic rings. The van der Waals surface area contributed by atoms with Gasteiger partial charge >= 0.3 is 0 Å². The van der Waals surface area contributed by atoms with Gasteiger partial charge in [-0.15, -0.1) is 0 Å². The molecular formula is C8H7N3S. The smallest absolute Gasteiger partial charge is 0.137 e. The van der Waals surface area contributed by atoms with E-state index in [-0.39, 0.29) is 0 Å². The first-order valence-electron chi connectivity index (χ1n) is 3.50. The molecule has 3 nitrogen and oxygen atoms in total. The maximum absolute atomic E-state index is 5.45. The molecule has 0 amide bonds. The summed E-state index contributed by atoms with van der Waals surface area (Å²) in [5, 5.41) is 1.03. The van der Waals surface area contributed by atoms with Gasteiger partial charge in [0.05, 0.1) is 0 Å². The molecule has 60 valence electrons. The minimum Gasteiger partial charge on any atom is -0.389 e. The lowest BCUT2D eigenvalue weighted by Gasteiger charge is -1.95. The summed E-state index contributed by atoms with van der Waals surface area (Å²) in [6.07, 6.45) is 3.50. The molecular weight excluding hydrogens is 170 g/mol. The quantitative estimate of drug-likeness (QED) is 0.643. The van der Waals surface area contributed by atoms with Crippen molar-refractivity contribution in [2.45, 2.75) is 0 Å². The van der Waals surface area contributed by atoms with E-state index in [4.69, 9.17) is 18.0 Å². The maximum atomic E-state index is 5.45. The summed E-state index contributed by atoms with van der Waals surface area (Å²) in [6, 6.07) is 3.85. The molecule has 0 radical (unpaired) electrons. The van der Waals surface area contributed by atoms with Crippen molar-refractivity contribution >= 4 is 28.2 Å². The van der Waals surface area contributed by atoms with Gasteiger partial charge in [-0.1, -0.05) is 12.2 Å². The Bertz CT molecular complexity index is 433. The third-order valence-electron chi connectivity index (χ3n) is 1.68. The number of nitrogens with zero attached hydrogens (tertiary/aromatic N) is 1. The van der Waals surface area contributed by atoms with Gasteiger partial charge in [0.15, 0.2) is 0 Å². The molecule has 2 rings (SSSR count). The Morgan fingerprint density at radius 1 is 1.58 bits per heavy atom. The van der Waals surface area contributed by atoms with Crippen LogP contribution in [0.15, 0.2) is 24.5 Å². The van der Waals surface area contributed by atoms with Crippen LogP contribution >= 0.6 is 12.2 Å². The molecule has 0 aliphatic carbocycles. The first-order valence-corrected chi connectivity index (χ1v) is 3.91. The number of rotatable bonds is 1. The second-order valence-corrected chi connectivity index (χ2v) is 2.94. The average Bonchev–Trinajstić information content (AvgIpc) is 2.49. The molecule has 0 aliphatic heterocycles. The van der Waals surface area contributed by atoms with E-state index < -0.39 is 0 Å². The number of hydrogen-bond acceptors (Lipinski definition) is 2. The molecule has 4 heteroatoms. The highest BCUT2D eigenvalue weighted by Crippen LogP contribution is 2.10. The van der Waals surface area contributed by atoms with E-state index >= 15 is 0 Å². The number of hydrogen-bond donors (Lipinski definition) is 2. The van der Waals surface area contributed by atoms with Crippen LogP contribution in [0.5, 0.6) is 0 Å². The van der Waals surface area contributed by atoms with Gasteiger partial charge < -0.3 is 10.7 Å². The summed E-state index contributed by atoms with van der Waals surface area (Å²) >= 11 is 4.83. The first-order chi connectivity index (χ1) is 5.77. The Hall–Kier alpha value is -1.42. The Kier molecular flexibility index (Phi) is 1.55. The summed E-state index contributed by atoms with van der Waals surface area (Å²) in [5.41, 5.74) is 7.11. The normalized spacial score (nSPS) is 10.3. The van der Waals surface area contributed by atoms with E-state index in [1.165, 1.54) is 0 Å². The van der Waals surface area contributed by atoms with Gasteiger partial charge in [-0.3, -0.25) is 0 Å². The number of nitrogens with two attached hydrogens (primary N) is 1. The third-order valence-corrected chi connectivity index (χ3v) is 1.92. The fraction of sp³-hybridized carbons (Fsp3) is 0. The van der Waals surface area contributed by atoms with Crippen molar-refractivity contribution in [2.75, 3.05) is 0 Å². The number of fused-ring (bicyclic) bond motifs is 1. The van der Waals surface area contributed by atoms with Crippen LogP contribution in [0.3, 0.4) is 0 Å². The Morgan fingerprint density at radius 3 is 3.17 bits per heavy atom. The predicted octanol–water partition coefficient (Wildman–Crippen LogP) is 1.20. The maximum Gasteiger partial charge on any atom is 0.137 e. The lowest BCUT2D eigenvalue weighted by atomic mass is 10.2. The van der Waals surface area contributed by atoms with Gasteiger partial charge in [0, 0.05) is 23.3 Å². The average molecular weight is 177 g/mol. The molecule has 0 aliphatic rings. The van der Waals surface area contributed by atoms with Crippen molar-refractivity contribution < 1.29 is 0 Å². The van der Waals surface area contributed by atoms with Crippen molar-refractivity contribution in [1.29, 1.82) is 0 Å². The Labute approximate surface area is 74.6 Å². The van der Waals surface area contributed by atoms with Crippen LogP contribution in [0.4, 0.5) is 0 Å². The van der Waals surface area contributed by atoms with E-state index in [0.717, 1.165) is 16.6 Å². The lowest BCUT2D eigenvalue weighted by molar-refractivity contribution is 1.32. The number of nitrogens with one attached hydrogen (secondary N) is 1. The Morgan fingerprint density at radius 2 is 2.42 bits per heavy atom. The minimum absolute atomic E-state index is 0.380. The molecule has 0 spiro atoms. The SMILES string of the molecule is NC(=S)c1cnc2[nH]ccc2c1. The van der Waals surface area contributed by atoms with Crippen molar-refractivity contribution in [3.8, 4) is 0 Å². The summed E-state index contributed by atoms with van der Waals surface area (Å²) in [5.74, 6) is 0. The van der Waals surface area contributed by atoms with Crippen LogP contribution in [0.25, 0.3) is 11.0 Å². The van der Waals surface area contributed by atoms with Crippen LogP contribution < -0.4 is 5.73 Å². The van der Waals surface area contributed by atoms with Crippen molar-refractivity contribution in [3.63, 3.8) is 0 Å². The number of thiocarbonyl (C=S) groups is 1. The zero-order valence-corrected chi connectivity index (χ0v) is 7.06. The summed E-state index contributed by atoms with van der Waals surface area (Å²) < 4.78 is 0. The molecule has 0 saturated carbocycles. The molecule has 0 saturated heterocycles. The number of aromatic amines is 1. The molecule has 0 bridgehead atoms. The van der Waals surface area contributed by atoms with Crippen LogP contribution in [-0.2, 0) is 0 Å². The predicted molar refractivity (Wildman–Crippen MR) is 52.0 cm³/mol. The van der Waals surface area contributed by atoms with Crippen LogP contribution in [0.1, 0.15) is 5.56 Å². The van der Waals surface area contributed by atoms with Crippen LogP contribution in [0, 0.1) is 0 Å². The highest BCUT2D eigenvalue weighted by atomic mass is 32.1. The molecule has 0 aromatic carbocycles. The summed E-state index contributed by atoms with van der Waals surface area (Å²) in [6.45, 7) is 0. The van der Waals surface area contributed by atoms with E-state index in [1.54, 1.807) is 6.20 Å². The van der Waals surface area contributed by atoms with Gasteiger partial charge in [-0.2, -0.15) is 0 Å². The molecule has 0 fully saturated rings. The highest BCUT2D eigenvalue weighted by Gasteiger charge is 1.99. The second kappa shape index (κ2) is 2.57. The van der Waals surface area contributed by atoms with Gasteiger partial charge in [0.25, 0.3) is 0 Å². The van der Waals surface area contributed by atoms with Crippen LogP contribution in [-0.4, -0.2) is 15.0 Å². The lowest BCUT2D eigenvalue weighted by Crippen LogP contribution is -2.09. The fourth-order valence-corrected chi connectivity index (χ4v) is 1.19. The van der Waals surface area contributed by atoms with Gasteiger partial charge in [-0.05, 0) is 12.1 Å². The minimum atomic E-state index is 0.380. The molecule has 3 N–H and O–H groups in total. The van der Waals surface area contributed by atoms with Crippen molar-refractivity contribution in [2.24, 2.45) is 5.73 Å². The van der Waals surface area contributed by atoms with E-state index in [1.807, 2.05) is 18.3 Å². The monoisotopic (exact) mass is 177 g/mol. The van der Waals surface area contributed by atoms with Crippen molar-refractivity contribution in [1.82, 2.24) is 9.97 Å². The number of aromatic nitrogens is 2. The molecule has 0 atom stereocenters. The molecule has 2 aromatic heterocycles. The van der Waals surface area contributed by atoms with Crippen LogP contribution in [0.2, 0.25) is 0 Å². The Balaban J connectivity index is 2.68. The third kappa shape index (κ3) is 1.06. The van der Waals surface area contributed by atoms with Gasteiger partial charge in [0.2, 0.25) is 0 Å². The number of H-pyrrole nitrogens is 1. The van der Waals surface area contributed by atoms with Crippen molar-refractivity contribution in [3.05, 3.63) is 30.1 Å². The topological polar surface area (TPSA) is 54.7 Å². The summed E-state index contributed by atoms with van der Waals surface area (Å²) in [7, 11) is 0. The molecule has 12 heavy (non-hydrogen) atoms. The first kappa shape index (κ1) is 7.24. The standard InChI is InChI=1S/C8H7N3S/c9-7(12)6-3-5-1-2-10-8(5)11-4-6/h1-4H,(H2,9,12)(H,10,11). The number of pyridine rings is 1. The zero-order valence-electron chi connectivity index (χ0n) is 6.24. The zero-order chi connectivity index (χ0) is 8.55. The van der Waals surface area contributed by atoms with E-state index in [0.29, 0.717) is 4.99 Å². The second-order valence-electron chi connectivity index (χ2n) is 2.50. The molecule has 0 unspecified atom stereocenters. The fourth-order valence-electron chi connectivity index (χ4n) is 1.07. The van der Waals surface area contributed by atoms with Gasteiger partial charge in [-0.25, -0.2) is 4.98 Å². The molecule has 2 heterocycles. The largest absolute Gasteiger partial charge is 0.389 e. The summed E-state index contributed by atoms with van der Waals surface area (Å²) in [4.78, 5) is 7.51.